The molecule has 2 aliphatic rings. The maximum atomic E-state index is 12.7. The quantitative estimate of drug-likeness (QED) is 0.799. The zero-order valence-corrected chi connectivity index (χ0v) is 15.8. The SMILES string of the molecule is COC(=O)c1cc2c([nH]1)C(=O)C[C@H]1[C@@H]2CC(=O)CN1C(=O)OCc1ccccc1. The van der Waals surface area contributed by atoms with Crippen molar-refractivity contribution in [3.05, 3.63) is 58.9 Å². The van der Waals surface area contributed by atoms with E-state index < -0.39 is 18.1 Å². The number of hydrogen-bond donors (Lipinski definition) is 1. The number of H-pyrrole nitrogens is 1. The van der Waals surface area contributed by atoms with Crippen molar-refractivity contribution in [3.63, 3.8) is 0 Å². The van der Waals surface area contributed by atoms with Crippen LogP contribution in [0.5, 0.6) is 0 Å². The Balaban J connectivity index is 1.58. The van der Waals surface area contributed by atoms with Crippen molar-refractivity contribution in [1.82, 2.24) is 9.88 Å². The van der Waals surface area contributed by atoms with Gasteiger partial charge in [-0.15, -0.1) is 0 Å². The molecule has 1 aliphatic heterocycles. The fourth-order valence-corrected chi connectivity index (χ4v) is 4.05. The number of likely N-dealkylation sites (tertiary alicyclic amines) is 1. The van der Waals surface area contributed by atoms with Crippen LogP contribution in [0.1, 0.15) is 50.9 Å². The van der Waals surface area contributed by atoms with Crippen LogP contribution in [0.2, 0.25) is 0 Å². The van der Waals surface area contributed by atoms with E-state index in [1.807, 2.05) is 30.3 Å². The van der Waals surface area contributed by atoms with Crippen molar-refractivity contribution in [2.75, 3.05) is 13.7 Å². The van der Waals surface area contributed by atoms with Crippen molar-refractivity contribution >= 4 is 23.6 Å². The molecule has 1 aliphatic carbocycles. The van der Waals surface area contributed by atoms with Crippen LogP contribution in [-0.2, 0) is 20.9 Å². The summed E-state index contributed by atoms with van der Waals surface area (Å²) >= 11 is 0. The highest BCUT2D eigenvalue weighted by molar-refractivity contribution is 6.01. The molecule has 2 aromatic rings. The van der Waals surface area contributed by atoms with Gasteiger partial charge < -0.3 is 14.5 Å². The van der Waals surface area contributed by atoms with Gasteiger partial charge in [-0.1, -0.05) is 30.3 Å². The predicted octanol–water partition coefficient (Wildman–Crippen LogP) is 2.45. The predicted molar refractivity (Wildman–Crippen MR) is 101 cm³/mol. The van der Waals surface area contributed by atoms with Crippen molar-refractivity contribution in [2.24, 2.45) is 0 Å². The van der Waals surface area contributed by atoms with Gasteiger partial charge in [0.2, 0.25) is 0 Å². The summed E-state index contributed by atoms with van der Waals surface area (Å²) in [7, 11) is 1.25. The van der Waals surface area contributed by atoms with Gasteiger partial charge >= 0.3 is 12.1 Å². The lowest BCUT2D eigenvalue weighted by atomic mass is 9.76. The van der Waals surface area contributed by atoms with Gasteiger partial charge in [0, 0.05) is 18.8 Å². The van der Waals surface area contributed by atoms with Gasteiger partial charge in [0.05, 0.1) is 25.4 Å². The fourth-order valence-electron chi connectivity index (χ4n) is 4.05. The Kier molecular flexibility index (Phi) is 4.92. The lowest BCUT2D eigenvalue weighted by Crippen LogP contribution is -2.53. The largest absolute Gasteiger partial charge is 0.464 e. The second-order valence-corrected chi connectivity index (χ2v) is 7.22. The number of carbonyl (C=O) groups is 4. The molecule has 0 saturated carbocycles. The molecule has 1 aromatic carbocycles. The monoisotopic (exact) mass is 396 g/mol. The van der Waals surface area contributed by atoms with Gasteiger partial charge in [0.1, 0.15) is 12.3 Å². The Morgan fingerprint density at radius 2 is 1.93 bits per heavy atom. The van der Waals surface area contributed by atoms with Crippen molar-refractivity contribution in [3.8, 4) is 0 Å². The number of fused-ring (bicyclic) bond motifs is 3. The molecule has 8 nitrogen and oxygen atoms in total. The molecule has 0 bridgehead atoms. The molecular weight excluding hydrogens is 376 g/mol. The lowest BCUT2D eigenvalue weighted by Gasteiger charge is -2.41. The molecule has 0 radical (unpaired) electrons. The van der Waals surface area contributed by atoms with E-state index in [0.717, 1.165) is 5.56 Å². The topological polar surface area (TPSA) is 106 Å². The Morgan fingerprint density at radius 1 is 1.17 bits per heavy atom. The third-order valence-corrected chi connectivity index (χ3v) is 5.43. The van der Waals surface area contributed by atoms with E-state index in [2.05, 4.69) is 4.98 Å². The van der Waals surface area contributed by atoms with Gasteiger partial charge in [0.15, 0.2) is 11.6 Å². The zero-order valence-electron chi connectivity index (χ0n) is 15.8. The summed E-state index contributed by atoms with van der Waals surface area (Å²) in [5.74, 6) is -1.30. The summed E-state index contributed by atoms with van der Waals surface area (Å²) in [6.07, 6.45) is -0.366. The van der Waals surface area contributed by atoms with E-state index in [9.17, 15) is 19.2 Å². The molecule has 2 atom stereocenters. The average molecular weight is 396 g/mol. The van der Waals surface area contributed by atoms with Crippen LogP contribution < -0.4 is 0 Å². The third-order valence-electron chi connectivity index (χ3n) is 5.43. The van der Waals surface area contributed by atoms with E-state index in [1.165, 1.54) is 12.0 Å². The first kappa shape index (κ1) is 18.9. The number of methoxy groups -OCH3 is 1. The first-order chi connectivity index (χ1) is 14.0. The molecule has 4 rings (SSSR count). The molecule has 1 N–H and O–H groups in total. The average Bonchev–Trinajstić information content (AvgIpc) is 3.19. The number of esters is 1. The summed E-state index contributed by atoms with van der Waals surface area (Å²) in [6, 6.07) is 10.3. The molecule has 29 heavy (non-hydrogen) atoms. The maximum Gasteiger partial charge on any atom is 0.410 e. The first-order valence-corrected chi connectivity index (χ1v) is 9.31. The van der Waals surface area contributed by atoms with E-state index >= 15 is 0 Å². The number of aromatic amines is 1. The van der Waals surface area contributed by atoms with Crippen molar-refractivity contribution in [2.45, 2.75) is 31.4 Å². The number of ketones is 2. The van der Waals surface area contributed by atoms with Gasteiger partial charge in [-0.3, -0.25) is 14.5 Å². The van der Waals surface area contributed by atoms with Crippen LogP contribution in [0.25, 0.3) is 0 Å². The number of carbonyl (C=O) groups excluding carboxylic acids is 4. The number of rotatable bonds is 3. The third kappa shape index (κ3) is 3.53. The maximum absolute atomic E-state index is 12.7. The molecule has 0 spiro atoms. The number of aromatic nitrogens is 1. The smallest absolute Gasteiger partial charge is 0.410 e. The summed E-state index contributed by atoms with van der Waals surface area (Å²) in [6.45, 7) is -0.0106. The van der Waals surface area contributed by atoms with Crippen LogP contribution in [0.15, 0.2) is 36.4 Å². The molecule has 8 heteroatoms. The van der Waals surface area contributed by atoms with E-state index in [4.69, 9.17) is 9.47 Å². The van der Waals surface area contributed by atoms with Gasteiger partial charge in [-0.2, -0.15) is 0 Å². The second-order valence-electron chi connectivity index (χ2n) is 7.22. The highest BCUT2D eigenvalue weighted by atomic mass is 16.6. The standard InChI is InChI=1S/C21H20N2O6/c1-28-20(26)16-8-15-14-7-13(24)10-23(17(14)9-18(25)19(15)22-16)21(27)29-11-12-5-3-2-4-6-12/h2-6,8,14,17,22H,7,9-11H2,1H3/t14-,17+/m1/s1. The van der Waals surface area contributed by atoms with Gasteiger partial charge in [0.25, 0.3) is 0 Å². The fraction of sp³-hybridized carbons (Fsp3) is 0.333. The van der Waals surface area contributed by atoms with E-state index in [0.29, 0.717) is 11.3 Å². The van der Waals surface area contributed by atoms with Crippen molar-refractivity contribution < 1.29 is 28.7 Å². The molecule has 2 heterocycles. The number of Topliss-reactive ketones (excluding diaryl/α,β-unsaturated/α-hetero) is 2. The summed E-state index contributed by atoms with van der Waals surface area (Å²) < 4.78 is 10.1. The van der Waals surface area contributed by atoms with E-state index in [-0.39, 0.29) is 49.2 Å². The highest BCUT2D eigenvalue weighted by Gasteiger charge is 2.45. The van der Waals surface area contributed by atoms with Gasteiger partial charge in [-0.05, 0) is 17.2 Å². The van der Waals surface area contributed by atoms with Crippen molar-refractivity contribution in [1.29, 1.82) is 0 Å². The summed E-state index contributed by atoms with van der Waals surface area (Å²) in [4.78, 5) is 53.7. The molecule has 1 aromatic heterocycles. The number of piperidine rings is 1. The van der Waals surface area contributed by atoms with Gasteiger partial charge in [-0.25, -0.2) is 9.59 Å². The van der Waals surface area contributed by atoms with Crippen LogP contribution in [-0.4, -0.2) is 53.2 Å². The Bertz CT molecular complexity index is 980. The molecular formula is C21H20N2O6. The van der Waals surface area contributed by atoms with Crippen LogP contribution >= 0.6 is 0 Å². The summed E-state index contributed by atoms with van der Waals surface area (Å²) in [5, 5.41) is 0. The minimum absolute atomic E-state index is 0.0620. The number of benzene rings is 1. The first-order valence-electron chi connectivity index (χ1n) is 9.31. The molecule has 1 fully saturated rings. The molecule has 0 unspecified atom stereocenters. The van der Waals surface area contributed by atoms with Crippen LogP contribution in [0.3, 0.4) is 0 Å². The minimum Gasteiger partial charge on any atom is -0.464 e. The Morgan fingerprint density at radius 3 is 2.66 bits per heavy atom. The Labute approximate surface area is 166 Å². The van der Waals surface area contributed by atoms with Crippen LogP contribution in [0.4, 0.5) is 4.79 Å². The lowest BCUT2D eigenvalue weighted by molar-refractivity contribution is -0.124. The molecule has 1 amide bonds. The van der Waals surface area contributed by atoms with Crippen LogP contribution in [0, 0.1) is 0 Å². The van der Waals surface area contributed by atoms with E-state index in [1.54, 1.807) is 6.07 Å². The number of hydrogen-bond acceptors (Lipinski definition) is 6. The zero-order chi connectivity index (χ0) is 20.5. The molecule has 1 saturated heterocycles. The highest BCUT2D eigenvalue weighted by Crippen LogP contribution is 2.40. The number of amides is 1. The molecule has 150 valence electrons. The minimum atomic E-state index is -0.628. The second kappa shape index (κ2) is 7.54. The Hall–Kier alpha value is -3.42. The number of nitrogens with one attached hydrogen (secondary N) is 1. The number of ether oxygens (including phenoxy) is 2. The summed E-state index contributed by atoms with van der Waals surface area (Å²) in [5.41, 5.74) is 1.86. The number of nitrogens with zero attached hydrogens (tertiary/aromatic N) is 1. The normalized spacial score (nSPS) is 20.7.